The molecule has 0 atom stereocenters. The molecule has 0 saturated carbocycles. The zero-order valence-electron chi connectivity index (χ0n) is 9.50. The number of hydrogen-bond acceptors (Lipinski definition) is 2. The second kappa shape index (κ2) is 6.07. The van der Waals surface area contributed by atoms with Crippen molar-refractivity contribution in [2.75, 3.05) is 0 Å². The summed E-state index contributed by atoms with van der Waals surface area (Å²) in [4.78, 5) is 4.20. The van der Waals surface area contributed by atoms with Gasteiger partial charge in [-0.15, -0.1) is 0 Å². The van der Waals surface area contributed by atoms with Crippen molar-refractivity contribution < 1.29 is 4.39 Å². The molecule has 0 aromatic heterocycles. The monoisotopic (exact) mass is 224 g/mol. The van der Waals surface area contributed by atoms with Crippen LogP contribution in [0.1, 0.15) is 19.4 Å². The van der Waals surface area contributed by atoms with Crippen molar-refractivity contribution >= 4 is 5.96 Å². The summed E-state index contributed by atoms with van der Waals surface area (Å²) in [5, 5.41) is 3.03. The summed E-state index contributed by atoms with van der Waals surface area (Å²) in [6.45, 7) is 4.35. The molecular formula is C11H17FN4. The van der Waals surface area contributed by atoms with E-state index in [9.17, 15) is 4.39 Å². The van der Waals surface area contributed by atoms with Gasteiger partial charge in [0.25, 0.3) is 0 Å². The summed E-state index contributed by atoms with van der Waals surface area (Å²) < 4.78 is 12.9. The number of nitrogens with one attached hydrogen (secondary N) is 2. The van der Waals surface area contributed by atoms with Gasteiger partial charge in [0, 0.05) is 6.04 Å². The van der Waals surface area contributed by atoms with E-state index in [1.54, 1.807) is 6.07 Å². The number of nitrogens with zero attached hydrogens (tertiary/aromatic N) is 1. The van der Waals surface area contributed by atoms with Crippen LogP contribution in [0.25, 0.3) is 0 Å². The third-order valence-electron chi connectivity index (χ3n) is 1.87. The van der Waals surface area contributed by atoms with Crippen LogP contribution in [0.5, 0.6) is 0 Å². The van der Waals surface area contributed by atoms with Crippen molar-refractivity contribution in [3.05, 3.63) is 35.6 Å². The number of hydrogen-bond donors (Lipinski definition) is 3. The zero-order valence-corrected chi connectivity index (χ0v) is 9.50. The topological polar surface area (TPSA) is 62.4 Å². The first kappa shape index (κ1) is 12.4. The zero-order chi connectivity index (χ0) is 12.0. The molecule has 4 nitrogen and oxygen atoms in total. The molecule has 1 aromatic rings. The molecule has 0 aliphatic rings. The summed E-state index contributed by atoms with van der Waals surface area (Å²) in [6, 6.07) is 6.57. The lowest BCUT2D eigenvalue weighted by atomic mass is 10.2. The lowest BCUT2D eigenvalue weighted by Crippen LogP contribution is -2.44. The number of aliphatic imine (C=N–C) groups is 1. The second-order valence-electron chi connectivity index (χ2n) is 3.74. The average molecular weight is 224 g/mol. The maximum absolute atomic E-state index is 12.9. The van der Waals surface area contributed by atoms with E-state index in [0.717, 1.165) is 5.56 Å². The van der Waals surface area contributed by atoms with E-state index >= 15 is 0 Å². The van der Waals surface area contributed by atoms with E-state index in [-0.39, 0.29) is 11.9 Å². The van der Waals surface area contributed by atoms with Gasteiger partial charge in [-0.3, -0.25) is 5.43 Å². The minimum absolute atomic E-state index is 0.238. The molecule has 0 amide bonds. The number of halogens is 1. The Kier molecular flexibility index (Phi) is 4.72. The van der Waals surface area contributed by atoms with E-state index in [0.29, 0.717) is 12.5 Å². The minimum Gasteiger partial charge on any atom is -0.353 e. The van der Waals surface area contributed by atoms with Crippen molar-refractivity contribution in [3.63, 3.8) is 0 Å². The predicted octanol–water partition coefficient (Wildman–Crippen LogP) is 1.14. The number of rotatable bonds is 3. The van der Waals surface area contributed by atoms with Gasteiger partial charge in [0.1, 0.15) is 5.82 Å². The summed E-state index contributed by atoms with van der Waals surface area (Å²) in [5.74, 6) is 5.54. The van der Waals surface area contributed by atoms with Crippen LogP contribution in [-0.2, 0) is 6.54 Å². The first-order valence-electron chi connectivity index (χ1n) is 5.14. The van der Waals surface area contributed by atoms with E-state index in [1.165, 1.54) is 12.1 Å². The van der Waals surface area contributed by atoms with Crippen molar-refractivity contribution in [1.29, 1.82) is 0 Å². The molecule has 0 heterocycles. The van der Waals surface area contributed by atoms with Gasteiger partial charge in [0.2, 0.25) is 5.96 Å². The fraction of sp³-hybridized carbons (Fsp3) is 0.364. The van der Waals surface area contributed by atoms with Crippen LogP contribution < -0.4 is 16.6 Å². The molecule has 88 valence electrons. The Balaban J connectivity index is 2.62. The Bertz CT molecular complexity index is 363. The normalized spacial score (nSPS) is 11.7. The standard InChI is InChI=1S/C11H17FN4/c1-8(2)15-11(16-13)14-7-9-4-3-5-10(12)6-9/h3-6,8H,7,13H2,1-2H3,(H2,14,15,16). The molecule has 1 rings (SSSR count). The Morgan fingerprint density at radius 1 is 1.50 bits per heavy atom. The lowest BCUT2D eigenvalue weighted by molar-refractivity contribution is 0.625. The van der Waals surface area contributed by atoms with Gasteiger partial charge in [-0.25, -0.2) is 15.2 Å². The van der Waals surface area contributed by atoms with Crippen LogP contribution in [0.3, 0.4) is 0 Å². The van der Waals surface area contributed by atoms with E-state index in [2.05, 4.69) is 15.7 Å². The van der Waals surface area contributed by atoms with Crippen LogP contribution in [0.4, 0.5) is 4.39 Å². The smallest absolute Gasteiger partial charge is 0.206 e. The molecule has 0 saturated heterocycles. The molecule has 0 spiro atoms. The van der Waals surface area contributed by atoms with Crippen LogP contribution in [-0.4, -0.2) is 12.0 Å². The van der Waals surface area contributed by atoms with Gasteiger partial charge in [-0.1, -0.05) is 12.1 Å². The fourth-order valence-corrected chi connectivity index (χ4v) is 1.21. The SMILES string of the molecule is CC(C)NC(=NCc1cccc(F)c1)NN. The number of guanidine groups is 1. The highest BCUT2D eigenvalue weighted by Gasteiger charge is 1.99. The largest absolute Gasteiger partial charge is 0.353 e. The Labute approximate surface area is 94.7 Å². The van der Waals surface area contributed by atoms with Crippen LogP contribution in [0, 0.1) is 5.82 Å². The van der Waals surface area contributed by atoms with E-state index < -0.39 is 0 Å². The molecule has 5 heteroatoms. The Morgan fingerprint density at radius 2 is 2.25 bits per heavy atom. The summed E-state index contributed by atoms with van der Waals surface area (Å²) in [6.07, 6.45) is 0. The highest BCUT2D eigenvalue weighted by Crippen LogP contribution is 2.04. The molecule has 0 unspecified atom stereocenters. The maximum atomic E-state index is 12.9. The third-order valence-corrected chi connectivity index (χ3v) is 1.87. The van der Waals surface area contributed by atoms with Crippen LogP contribution in [0.2, 0.25) is 0 Å². The molecule has 16 heavy (non-hydrogen) atoms. The predicted molar refractivity (Wildman–Crippen MR) is 63.1 cm³/mol. The molecular weight excluding hydrogens is 207 g/mol. The number of hydrazine groups is 1. The summed E-state index contributed by atoms with van der Waals surface area (Å²) in [5.41, 5.74) is 3.27. The van der Waals surface area contributed by atoms with Crippen molar-refractivity contribution in [2.24, 2.45) is 10.8 Å². The van der Waals surface area contributed by atoms with Gasteiger partial charge in [-0.2, -0.15) is 0 Å². The highest BCUT2D eigenvalue weighted by atomic mass is 19.1. The number of benzene rings is 1. The van der Waals surface area contributed by atoms with Crippen molar-refractivity contribution in [3.8, 4) is 0 Å². The summed E-state index contributed by atoms with van der Waals surface area (Å²) in [7, 11) is 0. The molecule has 4 N–H and O–H groups in total. The van der Waals surface area contributed by atoms with E-state index in [1.807, 2.05) is 19.9 Å². The van der Waals surface area contributed by atoms with Gasteiger partial charge in [0.15, 0.2) is 0 Å². The molecule has 0 bridgehead atoms. The van der Waals surface area contributed by atoms with E-state index in [4.69, 9.17) is 5.84 Å². The van der Waals surface area contributed by atoms with Crippen LogP contribution >= 0.6 is 0 Å². The first-order valence-corrected chi connectivity index (χ1v) is 5.14. The quantitative estimate of drug-likeness (QED) is 0.312. The van der Waals surface area contributed by atoms with Crippen molar-refractivity contribution in [2.45, 2.75) is 26.4 Å². The van der Waals surface area contributed by atoms with Gasteiger partial charge >= 0.3 is 0 Å². The second-order valence-corrected chi connectivity index (χ2v) is 3.74. The van der Waals surface area contributed by atoms with Gasteiger partial charge < -0.3 is 5.32 Å². The molecule has 1 aromatic carbocycles. The first-order chi connectivity index (χ1) is 7.61. The maximum Gasteiger partial charge on any atom is 0.206 e. The minimum atomic E-state index is -0.258. The highest BCUT2D eigenvalue weighted by molar-refractivity contribution is 5.79. The molecule has 0 radical (unpaired) electrons. The molecule has 0 aliphatic heterocycles. The Hall–Kier alpha value is -1.62. The average Bonchev–Trinajstić information content (AvgIpc) is 2.24. The van der Waals surface area contributed by atoms with Crippen LogP contribution in [0.15, 0.2) is 29.3 Å². The number of nitrogens with two attached hydrogens (primary N) is 1. The van der Waals surface area contributed by atoms with Gasteiger partial charge in [0.05, 0.1) is 6.54 Å². The molecule has 0 fully saturated rings. The van der Waals surface area contributed by atoms with Gasteiger partial charge in [-0.05, 0) is 31.5 Å². The fourth-order valence-electron chi connectivity index (χ4n) is 1.21. The Morgan fingerprint density at radius 3 is 2.81 bits per heavy atom. The third kappa shape index (κ3) is 4.27. The lowest BCUT2D eigenvalue weighted by Gasteiger charge is -2.11. The van der Waals surface area contributed by atoms with Crippen molar-refractivity contribution in [1.82, 2.24) is 10.7 Å². The summed E-state index contributed by atoms with van der Waals surface area (Å²) >= 11 is 0. The molecule has 0 aliphatic carbocycles.